The van der Waals surface area contributed by atoms with E-state index in [4.69, 9.17) is 11.6 Å². The standard InChI is InChI=1S/C16H17ClFNO/c1-11(20)12-7-8-16(14(17)9-12)19(2)10-13-5-3-4-6-15(13)18/h3-9,11,20H,10H2,1-2H3/t11-/m1/s1. The van der Waals surface area contributed by atoms with Gasteiger partial charge in [0.25, 0.3) is 0 Å². The monoisotopic (exact) mass is 293 g/mol. The molecule has 0 aliphatic heterocycles. The van der Waals surface area contributed by atoms with Gasteiger partial charge in [-0.25, -0.2) is 4.39 Å². The molecular weight excluding hydrogens is 277 g/mol. The summed E-state index contributed by atoms with van der Waals surface area (Å²) in [5.41, 5.74) is 2.18. The summed E-state index contributed by atoms with van der Waals surface area (Å²) >= 11 is 6.23. The van der Waals surface area contributed by atoms with E-state index in [-0.39, 0.29) is 5.82 Å². The maximum Gasteiger partial charge on any atom is 0.128 e. The van der Waals surface area contributed by atoms with Gasteiger partial charge in [-0.1, -0.05) is 35.9 Å². The van der Waals surface area contributed by atoms with Crippen LogP contribution in [0.25, 0.3) is 0 Å². The number of hydrogen-bond donors (Lipinski definition) is 1. The molecule has 0 spiro atoms. The van der Waals surface area contributed by atoms with E-state index in [0.717, 1.165) is 11.3 Å². The number of aliphatic hydroxyl groups is 1. The van der Waals surface area contributed by atoms with E-state index in [2.05, 4.69) is 0 Å². The zero-order valence-corrected chi connectivity index (χ0v) is 12.2. The van der Waals surface area contributed by atoms with Gasteiger partial charge in [-0.3, -0.25) is 0 Å². The van der Waals surface area contributed by atoms with Gasteiger partial charge in [0.1, 0.15) is 5.82 Å². The number of halogens is 2. The predicted octanol–water partition coefficient (Wildman–Crippen LogP) is 4.17. The molecule has 0 aromatic heterocycles. The van der Waals surface area contributed by atoms with Crippen LogP contribution in [0.4, 0.5) is 10.1 Å². The first-order valence-corrected chi connectivity index (χ1v) is 6.79. The summed E-state index contributed by atoms with van der Waals surface area (Å²) in [4.78, 5) is 1.88. The van der Waals surface area contributed by atoms with Crippen LogP contribution in [0.1, 0.15) is 24.2 Å². The molecule has 2 nitrogen and oxygen atoms in total. The van der Waals surface area contributed by atoms with Gasteiger partial charge in [-0.05, 0) is 30.7 Å². The van der Waals surface area contributed by atoms with Crippen molar-refractivity contribution in [2.45, 2.75) is 19.6 Å². The summed E-state index contributed by atoms with van der Waals surface area (Å²) < 4.78 is 13.6. The minimum atomic E-state index is -0.557. The molecule has 2 rings (SSSR count). The molecule has 0 saturated carbocycles. The fourth-order valence-corrected chi connectivity index (χ4v) is 2.39. The molecule has 106 valence electrons. The molecular formula is C16H17ClFNO. The topological polar surface area (TPSA) is 23.5 Å². The number of aliphatic hydroxyl groups excluding tert-OH is 1. The molecule has 0 unspecified atom stereocenters. The highest BCUT2D eigenvalue weighted by atomic mass is 35.5. The van der Waals surface area contributed by atoms with Crippen LogP contribution >= 0.6 is 11.6 Å². The Morgan fingerprint density at radius 2 is 1.95 bits per heavy atom. The third-order valence-electron chi connectivity index (χ3n) is 3.23. The molecule has 20 heavy (non-hydrogen) atoms. The number of rotatable bonds is 4. The van der Waals surface area contributed by atoms with Crippen LogP contribution in [0.15, 0.2) is 42.5 Å². The Morgan fingerprint density at radius 1 is 1.25 bits per heavy atom. The minimum Gasteiger partial charge on any atom is -0.389 e. The highest BCUT2D eigenvalue weighted by Gasteiger charge is 2.11. The molecule has 0 bridgehead atoms. The van der Waals surface area contributed by atoms with Crippen LogP contribution in [-0.2, 0) is 6.54 Å². The van der Waals surface area contributed by atoms with Crippen molar-refractivity contribution < 1.29 is 9.50 Å². The smallest absolute Gasteiger partial charge is 0.128 e. The average molecular weight is 294 g/mol. The van der Waals surface area contributed by atoms with E-state index >= 15 is 0 Å². The van der Waals surface area contributed by atoms with Crippen LogP contribution in [0.2, 0.25) is 5.02 Å². The van der Waals surface area contributed by atoms with Crippen molar-refractivity contribution in [2.24, 2.45) is 0 Å². The van der Waals surface area contributed by atoms with E-state index in [0.29, 0.717) is 17.1 Å². The van der Waals surface area contributed by atoms with Gasteiger partial charge >= 0.3 is 0 Å². The number of benzene rings is 2. The number of nitrogens with zero attached hydrogens (tertiary/aromatic N) is 1. The molecule has 0 heterocycles. The van der Waals surface area contributed by atoms with Crippen LogP contribution in [0.3, 0.4) is 0 Å². The molecule has 0 radical (unpaired) electrons. The third kappa shape index (κ3) is 3.30. The maximum atomic E-state index is 13.6. The second-order valence-electron chi connectivity index (χ2n) is 4.83. The highest BCUT2D eigenvalue weighted by Crippen LogP contribution is 2.29. The Kier molecular flexibility index (Phi) is 4.63. The quantitative estimate of drug-likeness (QED) is 0.914. The first kappa shape index (κ1) is 14.8. The molecule has 4 heteroatoms. The van der Waals surface area contributed by atoms with Gasteiger partial charge in [-0.2, -0.15) is 0 Å². The lowest BCUT2D eigenvalue weighted by Gasteiger charge is -2.22. The maximum absolute atomic E-state index is 13.6. The SMILES string of the molecule is C[C@@H](O)c1ccc(N(C)Cc2ccccc2F)c(Cl)c1. The molecule has 2 aromatic carbocycles. The van der Waals surface area contributed by atoms with Crippen LogP contribution < -0.4 is 4.90 Å². The van der Waals surface area contributed by atoms with Crippen LogP contribution in [0, 0.1) is 5.82 Å². The Morgan fingerprint density at radius 3 is 2.55 bits per heavy atom. The second-order valence-corrected chi connectivity index (χ2v) is 5.24. The van der Waals surface area contributed by atoms with Gasteiger partial charge in [-0.15, -0.1) is 0 Å². The lowest BCUT2D eigenvalue weighted by atomic mass is 10.1. The fraction of sp³-hybridized carbons (Fsp3) is 0.250. The minimum absolute atomic E-state index is 0.226. The molecule has 2 aromatic rings. The van der Waals surface area contributed by atoms with E-state index in [1.54, 1.807) is 25.1 Å². The summed E-state index contributed by atoms with van der Waals surface area (Å²) in [7, 11) is 1.86. The van der Waals surface area contributed by atoms with E-state index < -0.39 is 6.10 Å². The average Bonchev–Trinajstić information content (AvgIpc) is 2.41. The van der Waals surface area contributed by atoms with Crippen molar-refractivity contribution in [2.75, 3.05) is 11.9 Å². The van der Waals surface area contributed by atoms with E-state index in [9.17, 15) is 9.50 Å². The Labute approximate surface area is 123 Å². The van der Waals surface area contributed by atoms with Gasteiger partial charge < -0.3 is 10.0 Å². The molecule has 0 saturated heterocycles. The molecule has 0 fully saturated rings. The first-order chi connectivity index (χ1) is 9.49. The van der Waals surface area contributed by atoms with Crippen molar-refractivity contribution in [3.05, 3.63) is 64.4 Å². The van der Waals surface area contributed by atoms with Crippen molar-refractivity contribution in [1.29, 1.82) is 0 Å². The molecule has 0 aliphatic carbocycles. The van der Waals surface area contributed by atoms with Gasteiger partial charge in [0.15, 0.2) is 0 Å². The summed E-state index contributed by atoms with van der Waals surface area (Å²) in [6, 6.07) is 12.1. The first-order valence-electron chi connectivity index (χ1n) is 6.41. The second kappa shape index (κ2) is 6.25. The van der Waals surface area contributed by atoms with E-state index in [1.807, 2.05) is 30.1 Å². The van der Waals surface area contributed by atoms with E-state index in [1.165, 1.54) is 6.07 Å². The zero-order valence-electron chi connectivity index (χ0n) is 11.5. The van der Waals surface area contributed by atoms with Gasteiger partial charge in [0.2, 0.25) is 0 Å². The van der Waals surface area contributed by atoms with Crippen molar-refractivity contribution in [3.63, 3.8) is 0 Å². The van der Waals surface area contributed by atoms with Crippen LogP contribution in [0.5, 0.6) is 0 Å². The highest BCUT2D eigenvalue weighted by molar-refractivity contribution is 6.33. The summed E-state index contributed by atoms with van der Waals surface area (Å²) in [5, 5.41) is 10.1. The largest absolute Gasteiger partial charge is 0.389 e. The summed E-state index contributed by atoms with van der Waals surface area (Å²) in [6.45, 7) is 2.12. The molecule has 1 N–H and O–H groups in total. The van der Waals surface area contributed by atoms with Crippen molar-refractivity contribution >= 4 is 17.3 Å². The van der Waals surface area contributed by atoms with Crippen molar-refractivity contribution in [1.82, 2.24) is 0 Å². The van der Waals surface area contributed by atoms with Crippen LogP contribution in [-0.4, -0.2) is 12.2 Å². The third-order valence-corrected chi connectivity index (χ3v) is 3.53. The normalized spacial score (nSPS) is 12.2. The Balaban J connectivity index is 2.21. The molecule has 0 aliphatic rings. The molecule has 1 atom stereocenters. The van der Waals surface area contributed by atoms with Crippen molar-refractivity contribution in [3.8, 4) is 0 Å². The lowest BCUT2D eigenvalue weighted by Crippen LogP contribution is -2.17. The number of hydrogen-bond acceptors (Lipinski definition) is 2. The lowest BCUT2D eigenvalue weighted by molar-refractivity contribution is 0.199. The number of anilines is 1. The Hall–Kier alpha value is -1.58. The zero-order chi connectivity index (χ0) is 14.7. The van der Waals surface area contributed by atoms with Gasteiger partial charge in [0.05, 0.1) is 16.8 Å². The fourth-order valence-electron chi connectivity index (χ4n) is 2.06. The summed E-state index contributed by atoms with van der Waals surface area (Å²) in [6.07, 6.45) is -0.557. The Bertz CT molecular complexity index is 601. The molecule has 0 amide bonds. The summed E-state index contributed by atoms with van der Waals surface area (Å²) in [5.74, 6) is -0.226. The van der Waals surface area contributed by atoms with Gasteiger partial charge in [0, 0.05) is 19.2 Å². The predicted molar refractivity (Wildman–Crippen MR) is 80.6 cm³/mol.